The van der Waals surface area contributed by atoms with Crippen LogP contribution in [0.3, 0.4) is 0 Å². The van der Waals surface area contributed by atoms with Gasteiger partial charge in [-0.25, -0.2) is 0 Å². The van der Waals surface area contributed by atoms with E-state index in [2.05, 4.69) is 5.32 Å². The molecule has 0 bridgehead atoms. The summed E-state index contributed by atoms with van der Waals surface area (Å²) in [5, 5.41) is 12.3. The molecular formula is C15H26N2O3. The summed E-state index contributed by atoms with van der Waals surface area (Å²) in [4.78, 5) is 25.0. The minimum absolute atomic E-state index is 0.186. The van der Waals surface area contributed by atoms with Crippen molar-refractivity contribution in [1.82, 2.24) is 10.2 Å². The van der Waals surface area contributed by atoms with E-state index in [-0.39, 0.29) is 11.8 Å². The van der Waals surface area contributed by atoms with Crippen LogP contribution >= 0.6 is 0 Å². The van der Waals surface area contributed by atoms with Gasteiger partial charge in [-0.3, -0.25) is 9.59 Å². The lowest BCUT2D eigenvalue weighted by Crippen LogP contribution is -2.43. The van der Waals surface area contributed by atoms with Crippen LogP contribution in [-0.2, 0) is 9.59 Å². The van der Waals surface area contributed by atoms with Crippen LogP contribution in [0.15, 0.2) is 0 Å². The second-order valence-electron chi connectivity index (χ2n) is 6.06. The largest absolute Gasteiger partial charge is 0.481 e. The van der Waals surface area contributed by atoms with Crippen molar-refractivity contribution in [2.45, 2.75) is 57.4 Å². The molecule has 2 rings (SSSR count). The van der Waals surface area contributed by atoms with Crippen molar-refractivity contribution in [3.05, 3.63) is 0 Å². The first kappa shape index (κ1) is 15.3. The van der Waals surface area contributed by atoms with E-state index < -0.39 is 5.97 Å². The van der Waals surface area contributed by atoms with E-state index in [4.69, 9.17) is 5.11 Å². The third-order valence-corrected chi connectivity index (χ3v) is 4.58. The minimum atomic E-state index is -0.677. The Hall–Kier alpha value is -1.10. The van der Waals surface area contributed by atoms with Crippen LogP contribution in [0, 0.1) is 5.92 Å². The Labute approximate surface area is 120 Å². The van der Waals surface area contributed by atoms with Crippen LogP contribution in [0.2, 0.25) is 0 Å². The van der Waals surface area contributed by atoms with E-state index in [1.165, 1.54) is 12.8 Å². The van der Waals surface area contributed by atoms with Gasteiger partial charge < -0.3 is 15.3 Å². The molecule has 0 radical (unpaired) electrons. The maximum absolute atomic E-state index is 12.1. The van der Waals surface area contributed by atoms with Crippen LogP contribution in [0.1, 0.15) is 51.4 Å². The number of nitrogens with one attached hydrogen (secondary N) is 1. The zero-order valence-corrected chi connectivity index (χ0v) is 12.1. The number of nitrogens with zero attached hydrogens (tertiary/aromatic N) is 1. The Bertz CT molecular complexity index is 330. The maximum atomic E-state index is 12.1. The summed E-state index contributed by atoms with van der Waals surface area (Å²) in [5.41, 5.74) is 0. The van der Waals surface area contributed by atoms with Gasteiger partial charge in [-0.2, -0.15) is 0 Å². The molecule has 1 saturated heterocycles. The number of carboxylic acids is 1. The van der Waals surface area contributed by atoms with E-state index >= 15 is 0 Å². The Morgan fingerprint density at radius 3 is 2.15 bits per heavy atom. The summed E-state index contributed by atoms with van der Waals surface area (Å²) in [5.74, 6) is -0.661. The molecule has 1 heterocycles. The van der Waals surface area contributed by atoms with Gasteiger partial charge in [0.2, 0.25) is 5.91 Å². The molecule has 0 spiro atoms. The number of aliphatic carboxylic acids is 1. The van der Waals surface area contributed by atoms with Crippen molar-refractivity contribution in [2.75, 3.05) is 19.6 Å². The summed E-state index contributed by atoms with van der Waals surface area (Å²) in [6, 6.07) is 0.307. The predicted molar refractivity (Wildman–Crippen MR) is 76.4 cm³/mol. The van der Waals surface area contributed by atoms with Crippen molar-refractivity contribution in [3.63, 3.8) is 0 Å². The number of hydrogen-bond donors (Lipinski definition) is 2. The van der Waals surface area contributed by atoms with Crippen molar-refractivity contribution in [2.24, 2.45) is 5.92 Å². The summed E-state index contributed by atoms with van der Waals surface area (Å²) < 4.78 is 0. The molecule has 2 aliphatic rings. The van der Waals surface area contributed by atoms with Crippen molar-refractivity contribution in [1.29, 1.82) is 0 Å². The topological polar surface area (TPSA) is 69.6 Å². The molecule has 1 amide bonds. The third-order valence-electron chi connectivity index (χ3n) is 4.58. The van der Waals surface area contributed by atoms with E-state index in [0.29, 0.717) is 12.6 Å². The van der Waals surface area contributed by atoms with Gasteiger partial charge in [-0.15, -0.1) is 0 Å². The molecule has 0 aromatic carbocycles. The Balaban J connectivity index is 1.67. The number of carbonyl (C=O) groups is 2. The molecular weight excluding hydrogens is 256 g/mol. The standard InChI is InChI=1S/C15H26N2O3/c18-14(17-9-3-1-2-4-10-17)11-16-13-7-5-12(6-8-13)15(19)20/h12-13,16H,1-11H2,(H,19,20). The van der Waals surface area contributed by atoms with Gasteiger partial charge in [0.25, 0.3) is 0 Å². The van der Waals surface area contributed by atoms with Crippen LogP contribution in [0.4, 0.5) is 0 Å². The number of rotatable bonds is 4. The Morgan fingerprint density at radius 2 is 1.60 bits per heavy atom. The first-order valence-electron chi connectivity index (χ1n) is 7.91. The van der Waals surface area contributed by atoms with Crippen LogP contribution < -0.4 is 5.32 Å². The molecule has 2 fully saturated rings. The summed E-state index contributed by atoms with van der Waals surface area (Å²) in [7, 11) is 0. The Morgan fingerprint density at radius 1 is 1.00 bits per heavy atom. The van der Waals surface area contributed by atoms with E-state index in [1.807, 2.05) is 4.90 Å². The number of likely N-dealkylation sites (tertiary alicyclic amines) is 1. The highest BCUT2D eigenvalue weighted by molar-refractivity contribution is 5.78. The van der Waals surface area contributed by atoms with Gasteiger partial charge in [0, 0.05) is 19.1 Å². The highest BCUT2D eigenvalue weighted by Gasteiger charge is 2.26. The monoisotopic (exact) mass is 282 g/mol. The molecule has 5 heteroatoms. The summed E-state index contributed by atoms with van der Waals surface area (Å²) in [6.45, 7) is 2.20. The molecule has 5 nitrogen and oxygen atoms in total. The predicted octanol–water partition coefficient (Wildman–Crippen LogP) is 1.62. The van der Waals surface area contributed by atoms with E-state index in [0.717, 1.165) is 51.6 Å². The average Bonchev–Trinajstić information content (AvgIpc) is 2.74. The zero-order chi connectivity index (χ0) is 14.4. The molecule has 0 unspecified atom stereocenters. The van der Waals surface area contributed by atoms with Crippen LogP contribution in [0.25, 0.3) is 0 Å². The minimum Gasteiger partial charge on any atom is -0.481 e. The summed E-state index contributed by atoms with van der Waals surface area (Å²) in [6.07, 6.45) is 7.89. The molecule has 0 aromatic heterocycles. The lowest BCUT2D eigenvalue weighted by Gasteiger charge is -2.28. The molecule has 1 aliphatic heterocycles. The first-order valence-corrected chi connectivity index (χ1v) is 7.91. The number of carbonyl (C=O) groups excluding carboxylic acids is 1. The zero-order valence-electron chi connectivity index (χ0n) is 12.1. The molecule has 1 aliphatic carbocycles. The molecule has 20 heavy (non-hydrogen) atoms. The number of amides is 1. The lowest BCUT2D eigenvalue weighted by molar-refractivity contribution is -0.143. The van der Waals surface area contributed by atoms with Gasteiger partial charge >= 0.3 is 5.97 Å². The van der Waals surface area contributed by atoms with E-state index in [1.54, 1.807) is 0 Å². The lowest BCUT2D eigenvalue weighted by atomic mass is 9.86. The second kappa shape index (κ2) is 7.62. The van der Waals surface area contributed by atoms with Gasteiger partial charge in [-0.05, 0) is 38.5 Å². The second-order valence-corrected chi connectivity index (χ2v) is 6.06. The number of carboxylic acid groups (broad SMARTS) is 1. The molecule has 0 aromatic rings. The average molecular weight is 282 g/mol. The van der Waals surface area contributed by atoms with Gasteiger partial charge in [0.1, 0.15) is 0 Å². The highest BCUT2D eigenvalue weighted by atomic mass is 16.4. The summed E-state index contributed by atoms with van der Waals surface area (Å²) >= 11 is 0. The smallest absolute Gasteiger partial charge is 0.306 e. The van der Waals surface area contributed by atoms with Crippen LogP contribution in [0.5, 0.6) is 0 Å². The fourth-order valence-corrected chi connectivity index (χ4v) is 3.21. The Kier molecular flexibility index (Phi) is 5.83. The maximum Gasteiger partial charge on any atom is 0.306 e. The van der Waals surface area contributed by atoms with Gasteiger partial charge in [0.15, 0.2) is 0 Å². The molecule has 114 valence electrons. The number of hydrogen-bond acceptors (Lipinski definition) is 3. The van der Waals surface area contributed by atoms with Crippen molar-refractivity contribution >= 4 is 11.9 Å². The molecule has 2 N–H and O–H groups in total. The fourth-order valence-electron chi connectivity index (χ4n) is 3.21. The van der Waals surface area contributed by atoms with Gasteiger partial charge in [-0.1, -0.05) is 12.8 Å². The highest BCUT2D eigenvalue weighted by Crippen LogP contribution is 2.24. The fraction of sp³-hybridized carbons (Fsp3) is 0.867. The van der Waals surface area contributed by atoms with E-state index in [9.17, 15) is 9.59 Å². The third kappa shape index (κ3) is 4.47. The van der Waals surface area contributed by atoms with Crippen molar-refractivity contribution in [3.8, 4) is 0 Å². The molecule has 1 saturated carbocycles. The van der Waals surface area contributed by atoms with Crippen LogP contribution in [-0.4, -0.2) is 47.6 Å². The molecule has 0 atom stereocenters. The first-order chi connectivity index (χ1) is 9.66. The normalized spacial score (nSPS) is 27.9. The van der Waals surface area contributed by atoms with Gasteiger partial charge in [0.05, 0.1) is 12.5 Å². The SMILES string of the molecule is O=C(O)C1CCC(NCC(=O)N2CCCCCC2)CC1. The quantitative estimate of drug-likeness (QED) is 0.822. The van der Waals surface area contributed by atoms with Crippen molar-refractivity contribution < 1.29 is 14.7 Å².